The number of methoxy groups -OCH3 is 4. The molecule has 1 aliphatic heterocycles. The minimum atomic E-state index is -0.665. The highest BCUT2D eigenvalue weighted by Gasteiger charge is 2.31. The summed E-state index contributed by atoms with van der Waals surface area (Å²) in [5.41, 5.74) is 2.09. The molecule has 2 unspecified atom stereocenters. The lowest BCUT2D eigenvalue weighted by Crippen LogP contribution is -2.32. The minimum Gasteiger partial charge on any atom is -0.493 e. The van der Waals surface area contributed by atoms with Crippen LogP contribution in [0, 0.1) is 0 Å². The van der Waals surface area contributed by atoms with E-state index in [4.69, 9.17) is 28.4 Å². The van der Waals surface area contributed by atoms with E-state index in [1.807, 2.05) is 55.5 Å². The molecule has 0 aliphatic carbocycles. The standard InChI is InChI=1S/C32H39BrN2O8S/c1-6-12-35(37)32(36)34-24-15-20(16-27(38-2)30(24)42-13-14-44-23-9-7-8-22(33)19-23)25-10-11-26(43-25)21-17-28(39-3)31(41-5)29(18-21)40-4/h7-9,15-19,25-26,37H,6,10-14H2,1-5H3,(H,34,36). The molecule has 1 saturated heterocycles. The third kappa shape index (κ3) is 8.23. The van der Waals surface area contributed by atoms with Crippen LogP contribution in [-0.4, -0.2) is 63.6 Å². The van der Waals surface area contributed by atoms with Crippen molar-refractivity contribution in [1.82, 2.24) is 5.06 Å². The summed E-state index contributed by atoms with van der Waals surface area (Å²) < 4.78 is 36.0. The first-order valence-corrected chi connectivity index (χ1v) is 16.0. The van der Waals surface area contributed by atoms with E-state index >= 15 is 0 Å². The summed E-state index contributed by atoms with van der Waals surface area (Å²) in [5, 5.41) is 13.7. The number of thioether (sulfide) groups is 1. The number of ether oxygens (including phenoxy) is 6. The molecule has 0 radical (unpaired) electrons. The van der Waals surface area contributed by atoms with Gasteiger partial charge in [0, 0.05) is 21.7 Å². The molecule has 2 amide bonds. The van der Waals surface area contributed by atoms with Crippen molar-refractivity contribution in [3.63, 3.8) is 0 Å². The molecule has 1 heterocycles. The van der Waals surface area contributed by atoms with Crippen LogP contribution < -0.4 is 29.0 Å². The van der Waals surface area contributed by atoms with Crippen molar-refractivity contribution in [3.05, 3.63) is 64.1 Å². The predicted molar refractivity (Wildman–Crippen MR) is 173 cm³/mol. The zero-order chi connectivity index (χ0) is 31.6. The Bertz CT molecular complexity index is 1400. The van der Waals surface area contributed by atoms with Crippen molar-refractivity contribution in [2.24, 2.45) is 0 Å². The van der Waals surface area contributed by atoms with Gasteiger partial charge < -0.3 is 33.7 Å². The third-order valence-corrected chi connectivity index (χ3v) is 8.50. The quantitative estimate of drug-likeness (QED) is 0.0756. The molecule has 1 aliphatic rings. The van der Waals surface area contributed by atoms with Crippen LogP contribution in [0.3, 0.4) is 0 Å². The van der Waals surface area contributed by atoms with Crippen LogP contribution in [0.5, 0.6) is 28.7 Å². The minimum absolute atomic E-state index is 0.185. The first-order chi connectivity index (χ1) is 21.3. The van der Waals surface area contributed by atoms with Crippen molar-refractivity contribution in [2.75, 3.05) is 52.7 Å². The highest BCUT2D eigenvalue weighted by atomic mass is 79.9. The molecular formula is C32H39BrN2O8S. The second-order valence-corrected chi connectivity index (χ2v) is 12.0. The lowest BCUT2D eigenvalue weighted by molar-refractivity contribution is -0.0369. The number of halogens is 1. The average Bonchev–Trinajstić information content (AvgIpc) is 3.53. The molecule has 0 saturated carbocycles. The maximum Gasteiger partial charge on any atom is 0.345 e. The molecule has 3 aromatic rings. The first kappa shape index (κ1) is 33.6. The monoisotopic (exact) mass is 690 g/mol. The molecular weight excluding hydrogens is 652 g/mol. The number of urea groups is 1. The van der Waals surface area contributed by atoms with Gasteiger partial charge in [-0.25, -0.2) is 9.86 Å². The fourth-order valence-corrected chi connectivity index (χ4v) is 6.31. The fourth-order valence-electron chi connectivity index (χ4n) is 4.97. The molecule has 0 bridgehead atoms. The Morgan fingerprint density at radius 2 is 1.57 bits per heavy atom. The Hall–Kier alpha value is -3.32. The van der Waals surface area contributed by atoms with E-state index in [2.05, 4.69) is 21.2 Å². The summed E-state index contributed by atoms with van der Waals surface area (Å²) in [4.78, 5) is 13.9. The van der Waals surface area contributed by atoms with Crippen LogP contribution in [0.4, 0.5) is 10.5 Å². The fraction of sp³-hybridized carbons (Fsp3) is 0.406. The van der Waals surface area contributed by atoms with Gasteiger partial charge in [-0.2, -0.15) is 0 Å². The molecule has 4 rings (SSSR count). The SMILES string of the molecule is CCCN(O)C(=O)Nc1cc(C2CCC(c3cc(OC)c(OC)c(OC)c3)O2)cc(OC)c1OCCSc1cccc(Br)c1. The van der Waals surface area contributed by atoms with Crippen LogP contribution in [0.15, 0.2) is 57.9 Å². The van der Waals surface area contributed by atoms with Gasteiger partial charge >= 0.3 is 6.03 Å². The number of amides is 2. The maximum atomic E-state index is 12.8. The summed E-state index contributed by atoms with van der Waals surface area (Å²) in [6, 6.07) is 14.9. The summed E-state index contributed by atoms with van der Waals surface area (Å²) in [5.74, 6) is 3.12. The van der Waals surface area contributed by atoms with E-state index < -0.39 is 6.03 Å². The second kappa shape index (κ2) is 16.1. The Morgan fingerprint density at radius 3 is 2.14 bits per heavy atom. The zero-order valence-electron chi connectivity index (χ0n) is 25.6. The molecule has 0 aromatic heterocycles. The van der Waals surface area contributed by atoms with Gasteiger partial charge in [0.2, 0.25) is 5.75 Å². The van der Waals surface area contributed by atoms with Gasteiger partial charge in [0.25, 0.3) is 0 Å². The molecule has 2 atom stereocenters. The number of carbonyl (C=O) groups is 1. The number of anilines is 1. The second-order valence-electron chi connectivity index (χ2n) is 9.96. The van der Waals surface area contributed by atoms with Gasteiger partial charge in [-0.3, -0.25) is 5.21 Å². The lowest BCUT2D eigenvalue weighted by Gasteiger charge is -2.22. The van der Waals surface area contributed by atoms with Crippen molar-refractivity contribution in [3.8, 4) is 28.7 Å². The van der Waals surface area contributed by atoms with Gasteiger partial charge in [0.15, 0.2) is 23.0 Å². The number of nitrogens with one attached hydrogen (secondary N) is 1. The number of hydrogen-bond donors (Lipinski definition) is 2. The lowest BCUT2D eigenvalue weighted by atomic mass is 10.0. The van der Waals surface area contributed by atoms with E-state index in [1.54, 1.807) is 40.2 Å². The molecule has 0 spiro atoms. The third-order valence-electron chi connectivity index (χ3n) is 7.05. The van der Waals surface area contributed by atoms with E-state index in [1.165, 1.54) is 0 Å². The van der Waals surface area contributed by atoms with Crippen LogP contribution in [0.2, 0.25) is 0 Å². The van der Waals surface area contributed by atoms with Crippen molar-refractivity contribution in [1.29, 1.82) is 0 Å². The van der Waals surface area contributed by atoms with Crippen LogP contribution in [0.1, 0.15) is 49.5 Å². The predicted octanol–water partition coefficient (Wildman–Crippen LogP) is 7.88. The van der Waals surface area contributed by atoms with Crippen molar-refractivity contribution < 1.29 is 38.4 Å². The Kier molecular flexibility index (Phi) is 12.3. The molecule has 10 nitrogen and oxygen atoms in total. The van der Waals surface area contributed by atoms with Gasteiger partial charge in [0.1, 0.15) is 0 Å². The number of rotatable bonds is 14. The summed E-state index contributed by atoms with van der Waals surface area (Å²) in [6.07, 6.45) is 1.57. The zero-order valence-corrected chi connectivity index (χ0v) is 28.0. The van der Waals surface area contributed by atoms with E-state index in [9.17, 15) is 10.0 Å². The van der Waals surface area contributed by atoms with Crippen molar-refractivity contribution in [2.45, 2.75) is 43.3 Å². The molecule has 3 aromatic carbocycles. The smallest absolute Gasteiger partial charge is 0.345 e. The summed E-state index contributed by atoms with van der Waals surface area (Å²) >= 11 is 5.15. The van der Waals surface area contributed by atoms with Gasteiger partial charge in [-0.05, 0) is 72.9 Å². The van der Waals surface area contributed by atoms with E-state index in [-0.39, 0.29) is 18.8 Å². The molecule has 44 heavy (non-hydrogen) atoms. The normalized spacial score (nSPS) is 15.9. The van der Waals surface area contributed by atoms with Gasteiger partial charge in [-0.1, -0.05) is 28.9 Å². The van der Waals surface area contributed by atoms with Gasteiger partial charge in [0.05, 0.1) is 52.9 Å². The molecule has 12 heteroatoms. The van der Waals surface area contributed by atoms with Crippen molar-refractivity contribution >= 4 is 39.4 Å². The summed E-state index contributed by atoms with van der Waals surface area (Å²) in [6.45, 7) is 2.42. The maximum absolute atomic E-state index is 12.8. The largest absolute Gasteiger partial charge is 0.493 e. The molecule has 1 fully saturated rings. The van der Waals surface area contributed by atoms with Crippen LogP contribution >= 0.6 is 27.7 Å². The Morgan fingerprint density at radius 1 is 0.955 bits per heavy atom. The number of hydrogen-bond acceptors (Lipinski definition) is 9. The number of benzene rings is 3. The van der Waals surface area contributed by atoms with Crippen LogP contribution in [0.25, 0.3) is 0 Å². The topological polar surface area (TPSA) is 108 Å². The molecule has 2 N–H and O–H groups in total. The number of nitrogens with zero attached hydrogens (tertiary/aromatic N) is 1. The van der Waals surface area contributed by atoms with E-state index in [0.717, 1.165) is 33.3 Å². The number of hydroxylamine groups is 2. The highest BCUT2D eigenvalue weighted by molar-refractivity contribution is 9.10. The Labute approximate surface area is 271 Å². The van der Waals surface area contributed by atoms with Crippen LogP contribution in [-0.2, 0) is 4.74 Å². The Balaban J connectivity index is 1.57. The highest BCUT2D eigenvalue weighted by Crippen LogP contribution is 2.48. The number of carbonyl (C=O) groups excluding carboxylic acids is 1. The first-order valence-electron chi connectivity index (χ1n) is 14.3. The average molecular weight is 692 g/mol. The van der Waals surface area contributed by atoms with E-state index in [0.29, 0.717) is 58.3 Å². The molecule has 238 valence electrons. The summed E-state index contributed by atoms with van der Waals surface area (Å²) in [7, 11) is 6.29. The van der Waals surface area contributed by atoms with Gasteiger partial charge in [-0.15, -0.1) is 11.8 Å².